The molecule has 0 atom stereocenters. The molecule has 0 N–H and O–H groups in total. The third kappa shape index (κ3) is 1.56. The molecule has 2 heteroatoms. The lowest BCUT2D eigenvalue weighted by atomic mass is 10.1. The summed E-state index contributed by atoms with van der Waals surface area (Å²) in [6, 6.07) is 8.02. The number of nitrogens with zero attached hydrogens (tertiary/aromatic N) is 1. The molecule has 0 unspecified atom stereocenters. The van der Waals surface area contributed by atoms with Gasteiger partial charge < -0.3 is 0 Å². The average Bonchev–Trinajstić information content (AvgIpc) is 2.53. The summed E-state index contributed by atoms with van der Waals surface area (Å²) in [5.74, 6) is -0.171. The number of carbonyl (C=O) groups is 1. The van der Waals surface area contributed by atoms with Crippen molar-refractivity contribution in [3.05, 3.63) is 41.5 Å². The predicted octanol–water partition coefficient (Wildman–Crippen LogP) is 1.99. The quantitative estimate of drug-likeness (QED) is 0.635. The van der Waals surface area contributed by atoms with E-state index in [-0.39, 0.29) is 5.91 Å². The normalized spacial score (nSPS) is 14.8. The lowest BCUT2D eigenvalue weighted by Gasteiger charge is -1.98. The first-order valence-corrected chi connectivity index (χ1v) is 4.12. The zero-order valence-corrected chi connectivity index (χ0v) is 7.32. The molecular weight excluding hydrogens is 162 g/mol. The summed E-state index contributed by atoms with van der Waals surface area (Å²) in [5.41, 5.74) is 3.15. The van der Waals surface area contributed by atoms with Crippen LogP contribution in [-0.2, 0) is 4.79 Å². The molecule has 0 saturated heterocycles. The van der Waals surface area contributed by atoms with Gasteiger partial charge in [0.25, 0.3) is 5.91 Å². The second kappa shape index (κ2) is 2.98. The highest BCUT2D eigenvalue weighted by Crippen LogP contribution is 2.16. The summed E-state index contributed by atoms with van der Waals surface area (Å²) in [5, 5.41) is 0. The number of hydrogen-bond donors (Lipinski definition) is 0. The first-order chi connectivity index (χ1) is 6.25. The average molecular weight is 171 g/mol. The van der Waals surface area contributed by atoms with Crippen LogP contribution >= 0.6 is 0 Å². The van der Waals surface area contributed by atoms with Gasteiger partial charge in [-0.2, -0.15) is 0 Å². The molecule has 1 amide bonds. The maximum atomic E-state index is 10.8. The molecular formula is C11H9NO. The highest BCUT2D eigenvalue weighted by Gasteiger charge is 2.07. The zero-order chi connectivity index (χ0) is 9.26. The van der Waals surface area contributed by atoms with Gasteiger partial charge in [-0.05, 0) is 12.5 Å². The van der Waals surface area contributed by atoms with Crippen molar-refractivity contribution in [1.29, 1.82) is 0 Å². The molecule has 0 aliphatic carbocycles. The van der Waals surface area contributed by atoms with E-state index in [1.165, 1.54) is 5.56 Å². The minimum atomic E-state index is -0.171. The fourth-order valence-corrected chi connectivity index (χ4v) is 1.24. The maximum Gasteiger partial charge on any atom is 0.270 e. The van der Waals surface area contributed by atoms with Gasteiger partial charge >= 0.3 is 0 Å². The third-order valence-corrected chi connectivity index (χ3v) is 1.99. The number of hydrogen-bond acceptors (Lipinski definition) is 1. The molecule has 0 fully saturated rings. The minimum Gasteiger partial charge on any atom is -0.267 e. The smallest absolute Gasteiger partial charge is 0.267 e. The first kappa shape index (κ1) is 7.92. The van der Waals surface area contributed by atoms with E-state index < -0.39 is 0 Å². The van der Waals surface area contributed by atoms with E-state index in [0.29, 0.717) is 0 Å². The van der Waals surface area contributed by atoms with Crippen molar-refractivity contribution < 1.29 is 4.79 Å². The molecule has 1 aromatic rings. The van der Waals surface area contributed by atoms with Crippen LogP contribution in [0.15, 0.2) is 35.3 Å². The van der Waals surface area contributed by atoms with Crippen LogP contribution in [-0.4, -0.2) is 12.1 Å². The molecule has 0 spiro atoms. The Morgan fingerprint density at radius 2 is 1.85 bits per heavy atom. The van der Waals surface area contributed by atoms with Crippen molar-refractivity contribution in [3.63, 3.8) is 0 Å². The Kier molecular flexibility index (Phi) is 1.81. The molecule has 2 nitrogen and oxygen atoms in total. The molecule has 0 aromatic heterocycles. The number of benzene rings is 1. The molecule has 1 aromatic carbocycles. The lowest BCUT2D eigenvalue weighted by molar-refractivity contribution is -0.113. The molecule has 0 bridgehead atoms. The number of rotatable bonds is 1. The summed E-state index contributed by atoms with van der Waals surface area (Å²) in [7, 11) is 0. The first-order valence-electron chi connectivity index (χ1n) is 4.12. The number of carbonyl (C=O) groups excluding carboxylic acids is 1. The van der Waals surface area contributed by atoms with Crippen molar-refractivity contribution in [2.75, 3.05) is 0 Å². The second-order valence-corrected chi connectivity index (χ2v) is 3.06. The van der Waals surface area contributed by atoms with Crippen LogP contribution in [0, 0.1) is 6.92 Å². The highest BCUT2D eigenvalue weighted by molar-refractivity contribution is 6.24. The molecule has 0 radical (unpaired) electrons. The van der Waals surface area contributed by atoms with Crippen LogP contribution in [0.5, 0.6) is 0 Å². The SMILES string of the molecule is Cc1ccc(C2=CC(=O)N=C2)cc1. The zero-order valence-electron chi connectivity index (χ0n) is 7.32. The molecule has 0 saturated carbocycles. The Hall–Kier alpha value is -1.70. The fourth-order valence-electron chi connectivity index (χ4n) is 1.24. The summed E-state index contributed by atoms with van der Waals surface area (Å²) < 4.78 is 0. The van der Waals surface area contributed by atoms with Crippen molar-refractivity contribution >= 4 is 17.7 Å². The van der Waals surface area contributed by atoms with Crippen LogP contribution in [0.4, 0.5) is 0 Å². The molecule has 2 rings (SSSR count). The Bertz CT molecular complexity index is 399. The Morgan fingerprint density at radius 3 is 2.38 bits per heavy atom. The largest absolute Gasteiger partial charge is 0.270 e. The van der Waals surface area contributed by atoms with E-state index in [0.717, 1.165) is 11.1 Å². The highest BCUT2D eigenvalue weighted by atomic mass is 16.1. The van der Waals surface area contributed by atoms with Gasteiger partial charge in [0.05, 0.1) is 0 Å². The number of aliphatic imine (C=N–C) groups is 1. The van der Waals surface area contributed by atoms with E-state index in [1.807, 2.05) is 31.2 Å². The molecule has 1 aliphatic heterocycles. The Balaban J connectivity index is 2.37. The molecule has 13 heavy (non-hydrogen) atoms. The lowest BCUT2D eigenvalue weighted by Crippen LogP contribution is -1.83. The van der Waals surface area contributed by atoms with Crippen LogP contribution in [0.2, 0.25) is 0 Å². The monoisotopic (exact) mass is 171 g/mol. The Labute approximate surface area is 76.6 Å². The van der Waals surface area contributed by atoms with Gasteiger partial charge in [-0.1, -0.05) is 29.8 Å². The van der Waals surface area contributed by atoms with Crippen LogP contribution in [0.1, 0.15) is 11.1 Å². The van der Waals surface area contributed by atoms with Crippen molar-refractivity contribution in [3.8, 4) is 0 Å². The van der Waals surface area contributed by atoms with Crippen molar-refractivity contribution in [2.45, 2.75) is 6.92 Å². The van der Waals surface area contributed by atoms with E-state index in [9.17, 15) is 4.79 Å². The molecule has 64 valence electrons. The summed E-state index contributed by atoms with van der Waals surface area (Å²) in [6.45, 7) is 2.03. The van der Waals surface area contributed by atoms with E-state index >= 15 is 0 Å². The minimum absolute atomic E-state index is 0.171. The van der Waals surface area contributed by atoms with Gasteiger partial charge in [0.15, 0.2) is 0 Å². The van der Waals surface area contributed by atoms with Gasteiger partial charge in [0, 0.05) is 17.9 Å². The maximum absolute atomic E-state index is 10.8. The summed E-state index contributed by atoms with van der Waals surface area (Å²) in [4.78, 5) is 14.5. The summed E-state index contributed by atoms with van der Waals surface area (Å²) >= 11 is 0. The third-order valence-electron chi connectivity index (χ3n) is 1.99. The fraction of sp³-hybridized carbons (Fsp3) is 0.0909. The van der Waals surface area contributed by atoms with Crippen LogP contribution in [0.3, 0.4) is 0 Å². The molecule has 1 aliphatic rings. The van der Waals surface area contributed by atoms with Crippen molar-refractivity contribution in [2.24, 2.45) is 4.99 Å². The number of amides is 1. The topological polar surface area (TPSA) is 29.4 Å². The summed E-state index contributed by atoms with van der Waals surface area (Å²) in [6.07, 6.45) is 3.15. The van der Waals surface area contributed by atoms with E-state index in [2.05, 4.69) is 4.99 Å². The van der Waals surface area contributed by atoms with Crippen LogP contribution in [0.25, 0.3) is 5.57 Å². The van der Waals surface area contributed by atoms with Gasteiger partial charge in [0.1, 0.15) is 0 Å². The van der Waals surface area contributed by atoms with Gasteiger partial charge in [0.2, 0.25) is 0 Å². The van der Waals surface area contributed by atoms with Gasteiger partial charge in [-0.15, -0.1) is 0 Å². The predicted molar refractivity (Wildman–Crippen MR) is 52.7 cm³/mol. The van der Waals surface area contributed by atoms with E-state index in [1.54, 1.807) is 12.3 Å². The van der Waals surface area contributed by atoms with E-state index in [4.69, 9.17) is 0 Å². The van der Waals surface area contributed by atoms with Gasteiger partial charge in [-0.3, -0.25) is 4.79 Å². The number of aryl methyl sites for hydroxylation is 1. The van der Waals surface area contributed by atoms with Crippen LogP contribution < -0.4 is 0 Å². The standard InChI is InChI=1S/C11H9NO/c1-8-2-4-9(5-3-8)10-6-11(13)12-7-10/h2-7H,1H3. The second-order valence-electron chi connectivity index (χ2n) is 3.06. The molecule has 1 heterocycles. The Morgan fingerprint density at radius 1 is 1.15 bits per heavy atom. The van der Waals surface area contributed by atoms with Crippen molar-refractivity contribution in [1.82, 2.24) is 0 Å². The number of allylic oxidation sites excluding steroid dienone is 1. The van der Waals surface area contributed by atoms with Gasteiger partial charge in [-0.25, -0.2) is 4.99 Å².